The van der Waals surface area contributed by atoms with Gasteiger partial charge in [0.15, 0.2) is 0 Å². The lowest BCUT2D eigenvalue weighted by atomic mass is 9.93. The molecule has 0 radical (unpaired) electrons. The fraction of sp³-hybridized carbons (Fsp3) is 0.556. The number of piperidine rings is 1. The molecule has 0 aliphatic carbocycles. The van der Waals surface area contributed by atoms with E-state index in [1.54, 1.807) is 14.2 Å². The molecule has 3 heterocycles. The topological polar surface area (TPSA) is 64.1 Å². The maximum absolute atomic E-state index is 13.7. The highest BCUT2D eigenvalue weighted by Crippen LogP contribution is 2.31. The monoisotopic (exact) mass is 467 g/mol. The number of pyridine rings is 1. The Balaban J connectivity index is 1.60. The molecule has 0 spiro atoms. The van der Waals surface area contributed by atoms with Crippen molar-refractivity contribution in [3.63, 3.8) is 0 Å². The third-order valence-corrected chi connectivity index (χ3v) is 6.92. The van der Waals surface area contributed by atoms with E-state index in [9.17, 15) is 4.79 Å². The van der Waals surface area contributed by atoms with Gasteiger partial charge in [0.1, 0.15) is 18.1 Å². The summed E-state index contributed by atoms with van der Waals surface area (Å²) in [4.78, 5) is 22.8. The Kier molecular flexibility index (Phi) is 8.40. The van der Waals surface area contributed by atoms with Gasteiger partial charge in [0, 0.05) is 38.5 Å². The van der Waals surface area contributed by atoms with Crippen molar-refractivity contribution < 1.29 is 19.0 Å². The number of rotatable bonds is 4. The van der Waals surface area contributed by atoms with Gasteiger partial charge in [0.05, 0.1) is 30.5 Å². The van der Waals surface area contributed by atoms with Gasteiger partial charge in [0.25, 0.3) is 5.91 Å². The first-order valence-corrected chi connectivity index (χ1v) is 12.4. The number of methoxy groups -OCH3 is 2. The van der Waals surface area contributed by atoms with Crippen LogP contribution in [0.2, 0.25) is 0 Å². The largest absolute Gasteiger partial charge is 0.497 e. The number of nitrogens with zero attached hydrogens (tertiary/aromatic N) is 3. The number of aryl methyl sites for hydroxylation is 1. The summed E-state index contributed by atoms with van der Waals surface area (Å²) in [6.45, 7) is 5.76. The van der Waals surface area contributed by atoms with E-state index in [4.69, 9.17) is 14.2 Å². The molecule has 2 aliphatic rings. The van der Waals surface area contributed by atoms with Crippen LogP contribution in [0.4, 0.5) is 0 Å². The van der Waals surface area contributed by atoms with Crippen molar-refractivity contribution in [2.45, 2.75) is 57.7 Å². The lowest BCUT2D eigenvalue weighted by Gasteiger charge is -2.41. The van der Waals surface area contributed by atoms with Crippen LogP contribution in [0.5, 0.6) is 11.5 Å². The number of hydrogen-bond acceptors (Lipinski definition) is 6. The second-order valence-corrected chi connectivity index (χ2v) is 9.24. The Labute approximate surface area is 203 Å². The van der Waals surface area contributed by atoms with Crippen molar-refractivity contribution in [3.05, 3.63) is 53.3 Å². The predicted molar refractivity (Wildman–Crippen MR) is 131 cm³/mol. The molecular weight excluding hydrogens is 430 g/mol. The Morgan fingerprint density at radius 2 is 1.94 bits per heavy atom. The minimum Gasteiger partial charge on any atom is -0.497 e. The van der Waals surface area contributed by atoms with Crippen LogP contribution in [-0.2, 0) is 11.3 Å². The summed E-state index contributed by atoms with van der Waals surface area (Å²) in [7, 11) is 3.39. The van der Waals surface area contributed by atoms with E-state index in [0.717, 1.165) is 69.7 Å². The average molecular weight is 468 g/mol. The lowest BCUT2D eigenvalue weighted by molar-refractivity contribution is -0.0155. The number of fused-ring (bicyclic) bond motifs is 2. The molecule has 184 valence electrons. The Bertz CT molecular complexity index is 967. The molecule has 2 aromatic rings. The molecule has 0 unspecified atom stereocenters. The van der Waals surface area contributed by atoms with Gasteiger partial charge < -0.3 is 19.1 Å². The number of carbonyl (C=O) groups excluding carboxylic acids is 1. The summed E-state index contributed by atoms with van der Waals surface area (Å²) in [5.41, 5.74) is 2.69. The van der Waals surface area contributed by atoms with Gasteiger partial charge in [0.2, 0.25) is 0 Å². The van der Waals surface area contributed by atoms with E-state index in [2.05, 4.69) is 22.0 Å². The van der Waals surface area contributed by atoms with Gasteiger partial charge >= 0.3 is 0 Å². The van der Waals surface area contributed by atoms with Crippen molar-refractivity contribution >= 4 is 5.91 Å². The number of carbonyl (C=O) groups is 1. The fourth-order valence-corrected chi connectivity index (χ4v) is 5.13. The molecule has 0 saturated carbocycles. The zero-order valence-corrected chi connectivity index (χ0v) is 20.7. The molecule has 7 nitrogen and oxygen atoms in total. The second-order valence-electron chi connectivity index (χ2n) is 9.24. The van der Waals surface area contributed by atoms with Gasteiger partial charge in [-0.15, -0.1) is 0 Å². The smallest absolute Gasteiger partial charge is 0.257 e. The normalized spacial score (nSPS) is 22.4. The molecular formula is C27H37N3O4. The number of ether oxygens (including phenoxy) is 3. The number of aromatic nitrogens is 1. The summed E-state index contributed by atoms with van der Waals surface area (Å²) >= 11 is 0. The molecule has 1 aromatic heterocycles. The third-order valence-electron chi connectivity index (χ3n) is 6.92. The second kappa shape index (κ2) is 11.7. The van der Waals surface area contributed by atoms with E-state index in [1.807, 2.05) is 36.1 Å². The highest BCUT2D eigenvalue weighted by atomic mass is 16.5. The molecule has 0 bridgehead atoms. The zero-order valence-electron chi connectivity index (χ0n) is 20.7. The summed E-state index contributed by atoms with van der Waals surface area (Å²) < 4.78 is 17.5. The van der Waals surface area contributed by atoms with Crippen molar-refractivity contribution in [1.29, 1.82) is 0 Å². The number of amides is 1. The first kappa shape index (κ1) is 24.5. The van der Waals surface area contributed by atoms with Crippen LogP contribution in [0.1, 0.15) is 53.8 Å². The first-order chi connectivity index (χ1) is 16.6. The summed E-state index contributed by atoms with van der Waals surface area (Å²) in [5, 5.41) is 0. The van der Waals surface area contributed by atoms with Crippen LogP contribution in [0, 0.1) is 6.92 Å². The number of hydrogen-bond donors (Lipinski definition) is 0. The molecule has 1 fully saturated rings. The summed E-state index contributed by atoms with van der Waals surface area (Å²) in [6.07, 6.45) is 5.04. The Hall–Kier alpha value is -2.64. The van der Waals surface area contributed by atoms with E-state index in [-0.39, 0.29) is 18.1 Å². The van der Waals surface area contributed by atoms with Gasteiger partial charge in [-0.2, -0.15) is 0 Å². The maximum Gasteiger partial charge on any atom is 0.257 e. The standard InChI is InChI=1S/C27H37N3O4/c1-20-8-6-9-21(28-20)19-29-14-5-4-10-24-25(33-3)11-7-15-30(24)27(31)23-13-12-22(32-2)18-26(23)34-17-16-29/h6,8-9,12-13,18,24-25H,4-5,7,10-11,14-17,19H2,1-3H3/t24-,25-/m1/s1. The first-order valence-electron chi connectivity index (χ1n) is 12.4. The molecule has 2 atom stereocenters. The molecule has 1 saturated heterocycles. The van der Waals surface area contributed by atoms with E-state index >= 15 is 0 Å². The van der Waals surface area contributed by atoms with Crippen LogP contribution in [0.3, 0.4) is 0 Å². The summed E-state index contributed by atoms with van der Waals surface area (Å²) in [6, 6.07) is 11.7. The average Bonchev–Trinajstić information content (AvgIpc) is 2.86. The van der Waals surface area contributed by atoms with Gasteiger partial charge in [-0.25, -0.2) is 0 Å². The van der Waals surface area contributed by atoms with Gasteiger partial charge in [-0.05, 0) is 63.4 Å². The van der Waals surface area contributed by atoms with Crippen molar-refractivity contribution in [3.8, 4) is 11.5 Å². The molecule has 0 N–H and O–H groups in total. The van der Waals surface area contributed by atoms with Crippen molar-refractivity contribution in [2.75, 3.05) is 40.5 Å². The van der Waals surface area contributed by atoms with Gasteiger partial charge in [-0.1, -0.05) is 12.5 Å². The molecule has 4 rings (SSSR count). The molecule has 2 aliphatic heterocycles. The van der Waals surface area contributed by atoms with Crippen molar-refractivity contribution in [2.24, 2.45) is 0 Å². The fourth-order valence-electron chi connectivity index (χ4n) is 5.13. The van der Waals surface area contributed by atoms with Crippen LogP contribution in [0.15, 0.2) is 36.4 Å². The minimum atomic E-state index is 0.0180. The van der Waals surface area contributed by atoms with Crippen molar-refractivity contribution in [1.82, 2.24) is 14.8 Å². The molecule has 1 aromatic carbocycles. The van der Waals surface area contributed by atoms with E-state index in [1.165, 1.54) is 0 Å². The van der Waals surface area contributed by atoms with Crippen LogP contribution < -0.4 is 9.47 Å². The maximum atomic E-state index is 13.7. The SMILES string of the molecule is COc1ccc2c(c1)OCCN(Cc1cccc(C)n1)CCCC[C@@H]1[C@H](OC)CCCN1C2=O. The predicted octanol–water partition coefficient (Wildman–Crippen LogP) is 4.08. The van der Waals surface area contributed by atoms with E-state index < -0.39 is 0 Å². The molecule has 1 amide bonds. The third kappa shape index (κ3) is 5.88. The van der Waals surface area contributed by atoms with Crippen LogP contribution in [-0.4, -0.2) is 73.3 Å². The van der Waals surface area contributed by atoms with Crippen LogP contribution >= 0.6 is 0 Å². The zero-order chi connectivity index (χ0) is 23.9. The Morgan fingerprint density at radius 1 is 1.06 bits per heavy atom. The lowest BCUT2D eigenvalue weighted by Crippen LogP contribution is -2.51. The Morgan fingerprint density at radius 3 is 2.74 bits per heavy atom. The quantitative estimate of drug-likeness (QED) is 0.675. The summed E-state index contributed by atoms with van der Waals surface area (Å²) in [5.74, 6) is 1.28. The van der Waals surface area contributed by atoms with Crippen LogP contribution in [0.25, 0.3) is 0 Å². The van der Waals surface area contributed by atoms with Gasteiger partial charge in [-0.3, -0.25) is 14.7 Å². The molecule has 7 heteroatoms. The highest BCUT2D eigenvalue weighted by Gasteiger charge is 2.35. The highest BCUT2D eigenvalue weighted by molar-refractivity contribution is 5.97. The minimum absolute atomic E-state index is 0.0180. The number of benzene rings is 1. The van der Waals surface area contributed by atoms with E-state index in [0.29, 0.717) is 23.7 Å². The molecule has 34 heavy (non-hydrogen) atoms.